The zero-order valence-corrected chi connectivity index (χ0v) is 9.39. The van der Waals surface area contributed by atoms with Crippen molar-refractivity contribution in [1.82, 2.24) is 4.98 Å². The van der Waals surface area contributed by atoms with Gasteiger partial charge >= 0.3 is 10.1 Å². The van der Waals surface area contributed by atoms with E-state index in [1.165, 1.54) is 6.20 Å². The first-order valence-electron chi connectivity index (χ1n) is 4.33. The number of H-pyrrole nitrogens is 1. The Labute approximate surface area is 84.4 Å². The molecular formula is C9H15NO3S. The predicted molar refractivity (Wildman–Crippen MR) is 54.7 cm³/mol. The highest BCUT2D eigenvalue weighted by Gasteiger charge is 2.23. The second kappa shape index (κ2) is 3.65. The lowest BCUT2D eigenvalue weighted by Crippen LogP contribution is -2.24. The molecule has 0 saturated heterocycles. The Balaban J connectivity index is 2.69. The predicted octanol–water partition coefficient (Wildman–Crippen LogP) is 1.77. The molecule has 1 aromatic heterocycles. The molecule has 0 amide bonds. The molecule has 1 N–H and O–H groups in total. The van der Waals surface area contributed by atoms with Gasteiger partial charge in [0.05, 0.1) is 5.75 Å². The minimum Gasteiger partial charge on any atom is -0.381 e. The van der Waals surface area contributed by atoms with E-state index in [-0.39, 0.29) is 11.2 Å². The van der Waals surface area contributed by atoms with Gasteiger partial charge in [-0.25, -0.2) is 0 Å². The van der Waals surface area contributed by atoms with E-state index in [0.29, 0.717) is 5.75 Å². The molecule has 14 heavy (non-hydrogen) atoms. The van der Waals surface area contributed by atoms with E-state index in [4.69, 9.17) is 4.18 Å². The van der Waals surface area contributed by atoms with Crippen molar-refractivity contribution in [3.8, 4) is 5.75 Å². The van der Waals surface area contributed by atoms with Crippen LogP contribution in [0.15, 0.2) is 18.5 Å². The minimum absolute atomic E-state index is 0.00514. The highest BCUT2D eigenvalue weighted by molar-refractivity contribution is 7.87. The summed E-state index contributed by atoms with van der Waals surface area (Å²) in [5.74, 6) is 0.333. The SMILES string of the molecule is CC(C)(C)CS(=O)(=O)Oc1cc[nH]c1. The number of hydrogen-bond donors (Lipinski definition) is 1. The molecule has 0 aromatic carbocycles. The highest BCUT2D eigenvalue weighted by atomic mass is 32.2. The molecule has 0 unspecified atom stereocenters. The second-order valence-electron chi connectivity index (χ2n) is 4.39. The largest absolute Gasteiger partial charge is 0.381 e. The normalized spacial score (nSPS) is 12.8. The zero-order valence-electron chi connectivity index (χ0n) is 8.57. The molecule has 0 fully saturated rings. The maximum absolute atomic E-state index is 11.5. The van der Waals surface area contributed by atoms with E-state index in [0.717, 1.165) is 0 Å². The summed E-state index contributed by atoms with van der Waals surface area (Å²) in [6, 6.07) is 1.57. The van der Waals surface area contributed by atoms with Crippen LogP contribution in [0.2, 0.25) is 0 Å². The van der Waals surface area contributed by atoms with Crippen molar-refractivity contribution in [3.05, 3.63) is 18.5 Å². The van der Waals surface area contributed by atoms with E-state index >= 15 is 0 Å². The second-order valence-corrected chi connectivity index (χ2v) is 5.96. The van der Waals surface area contributed by atoms with Gasteiger partial charge in [-0.05, 0) is 11.5 Å². The molecule has 0 radical (unpaired) electrons. The van der Waals surface area contributed by atoms with Gasteiger partial charge in [0.25, 0.3) is 0 Å². The van der Waals surface area contributed by atoms with Gasteiger partial charge in [-0.1, -0.05) is 20.8 Å². The Kier molecular flexibility index (Phi) is 2.89. The fraction of sp³-hybridized carbons (Fsp3) is 0.556. The molecule has 0 aliphatic rings. The molecule has 0 aliphatic heterocycles. The topological polar surface area (TPSA) is 59.2 Å². The number of aromatic nitrogens is 1. The van der Waals surface area contributed by atoms with Crippen molar-refractivity contribution in [2.45, 2.75) is 20.8 Å². The summed E-state index contributed by atoms with van der Waals surface area (Å²) in [6.07, 6.45) is 3.11. The first-order chi connectivity index (χ1) is 6.29. The van der Waals surface area contributed by atoms with Gasteiger partial charge in [0.2, 0.25) is 0 Å². The van der Waals surface area contributed by atoms with Gasteiger partial charge in [-0.15, -0.1) is 0 Å². The number of nitrogens with one attached hydrogen (secondary N) is 1. The summed E-state index contributed by atoms with van der Waals surface area (Å²) in [5, 5.41) is 0. The van der Waals surface area contributed by atoms with Crippen LogP contribution in [0.4, 0.5) is 0 Å². The van der Waals surface area contributed by atoms with Crippen molar-refractivity contribution in [1.29, 1.82) is 0 Å². The van der Waals surface area contributed by atoms with Crippen LogP contribution in [-0.4, -0.2) is 19.2 Å². The van der Waals surface area contributed by atoms with Crippen LogP contribution in [0.1, 0.15) is 20.8 Å². The molecule has 1 aromatic rings. The molecule has 80 valence electrons. The third-order valence-corrected chi connectivity index (χ3v) is 3.07. The lowest BCUT2D eigenvalue weighted by atomic mass is 10.0. The summed E-state index contributed by atoms with van der Waals surface area (Å²) < 4.78 is 27.8. The van der Waals surface area contributed by atoms with E-state index in [1.807, 2.05) is 20.8 Å². The number of aromatic amines is 1. The van der Waals surface area contributed by atoms with Crippen molar-refractivity contribution < 1.29 is 12.6 Å². The Morgan fingerprint density at radius 1 is 1.43 bits per heavy atom. The van der Waals surface area contributed by atoms with E-state index in [9.17, 15) is 8.42 Å². The van der Waals surface area contributed by atoms with Gasteiger partial charge in [0, 0.05) is 12.4 Å². The summed E-state index contributed by atoms with van der Waals surface area (Å²) in [6.45, 7) is 5.56. The van der Waals surface area contributed by atoms with E-state index < -0.39 is 10.1 Å². The van der Waals surface area contributed by atoms with Gasteiger partial charge in [-0.3, -0.25) is 0 Å². The zero-order chi connectivity index (χ0) is 10.8. The van der Waals surface area contributed by atoms with E-state index in [2.05, 4.69) is 4.98 Å². The van der Waals surface area contributed by atoms with Crippen LogP contribution in [-0.2, 0) is 10.1 Å². The van der Waals surface area contributed by atoms with Crippen LogP contribution < -0.4 is 4.18 Å². The standard InChI is InChI=1S/C9H15NO3S/c1-9(2,3)7-14(11,12)13-8-4-5-10-6-8/h4-6,10H,7H2,1-3H3. The van der Waals surface area contributed by atoms with Crippen molar-refractivity contribution in [3.63, 3.8) is 0 Å². The molecule has 0 saturated carbocycles. The molecular weight excluding hydrogens is 202 g/mol. The van der Waals surface area contributed by atoms with Crippen LogP contribution in [0.25, 0.3) is 0 Å². The van der Waals surface area contributed by atoms with Crippen molar-refractivity contribution in [2.75, 3.05) is 5.75 Å². The molecule has 0 aliphatic carbocycles. The van der Waals surface area contributed by atoms with E-state index in [1.54, 1.807) is 12.3 Å². The van der Waals surface area contributed by atoms with Crippen molar-refractivity contribution in [2.24, 2.45) is 5.41 Å². The lowest BCUT2D eigenvalue weighted by molar-refractivity contribution is 0.425. The monoisotopic (exact) mass is 217 g/mol. The molecule has 0 atom stereocenters. The molecule has 1 rings (SSSR count). The highest BCUT2D eigenvalue weighted by Crippen LogP contribution is 2.19. The maximum Gasteiger partial charge on any atom is 0.309 e. The molecule has 5 heteroatoms. The average Bonchev–Trinajstić information content (AvgIpc) is 2.31. The molecule has 1 heterocycles. The smallest absolute Gasteiger partial charge is 0.309 e. The van der Waals surface area contributed by atoms with Crippen LogP contribution in [0.5, 0.6) is 5.75 Å². The lowest BCUT2D eigenvalue weighted by Gasteiger charge is -2.17. The Morgan fingerprint density at radius 2 is 2.07 bits per heavy atom. The summed E-state index contributed by atoms with van der Waals surface area (Å²) >= 11 is 0. The summed E-state index contributed by atoms with van der Waals surface area (Å²) in [7, 11) is -3.48. The van der Waals surface area contributed by atoms with Crippen LogP contribution in [0.3, 0.4) is 0 Å². The van der Waals surface area contributed by atoms with Crippen molar-refractivity contribution >= 4 is 10.1 Å². The Hall–Kier alpha value is -0.970. The van der Waals surface area contributed by atoms with Crippen LogP contribution in [0, 0.1) is 5.41 Å². The quantitative estimate of drug-likeness (QED) is 0.785. The van der Waals surface area contributed by atoms with Crippen LogP contribution >= 0.6 is 0 Å². The van der Waals surface area contributed by atoms with Gasteiger partial charge in [0.1, 0.15) is 0 Å². The Bertz CT molecular complexity index is 373. The summed E-state index contributed by atoms with van der Waals surface area (Å²) in [5.41, 5.74) is -0.296. The Morgan fingerprint density at radius 3 is 2.50 bits per heavy atom. The molecule has 4 nitrogen and oxygen atoms in total. The third kappa shape index (κ3) is 3.83. The number of hydrogen-bond acceptors (Lipinski definition) is 3. The summed E-state index contributed by atoms with van der Waals surface area (Å²) in [4.78, 5) is 2.73. The van der Waals surface area contributed by atoms with Gasteiger partial charge in [-0.2, -0.15) is 8.42 Å². The minimum atomic E-state index is -3.48. The third-order valence-electron chi connectivity index (χ3n) is 1.40. The molecule has 0 bridgehead atoms. The number of rotatable bonds is 3. The fourth-order valence-electron chi connectivity index (χ4n) is 1.07. The van der Waals surface area contributed by atoms with Gasteiger partial charge in [0.15, 0.2) is 5.75 Å². The fourth-order valence-corrected chi connectivity index (χ4v) is 2.58. The van der Waals surface area contributed by atoms with Gasteiger partial charge < -0.3 is 9.17 Å². The first kappa shape index (κ1) is 11.1. The average molecular weight is 217 g/mol. The maximum atomic E-state index is 11.5. The molecule has 0 spiro atoms. The first-order valence-corrected chi connectivity index (χ1v) is 5.91.